The van der Waals surface area contributed by atoms with E-state index in [1.54, 1.807) is 12.0 Å². The van der Waals surface area contributed by atoms with Crippen LogP contribution in [0.4, 0.5) is 0 Å². The van der Waals surface area contributed by atoms with Gasteiger partial charge in [0.05, 0.1) is 12.4 Å². The highest BCUT2D eigenvalue weighted by Gasteiger charge is 1.82. The van der Waals surface area contributed by atoms with Gasteiger partial charge in [-0.3, -0.25) is 0 Å². The molecule has 0 radical (unpaired) electrons. The topological polar surface area (TPSA) is 26.3 Å². The first-order valence-corrected chi connectivity index (χ1v) is 4.56. The normalized spacial score (nSPS) is 12.8. The molecule has 0 N–H and O–H groups in total. The summed E-state index contributed by atoms with van der Waals surface area (Å²) < 4.78 is 5.23. The van der Waals surface area contributed by atoms with Gasteiger partial charge in [0.15, 0.2) is 0 Å². The molecule has 0 spiro atoms. The Labute approximate surface area is 85.3 Å². The Hall–Kier alpha value is -1.53. The third-order valence-electron chi connectivity index (χ3n) is 1.48. The van der Waals surface area contributed by atoms with Crippen LogP contribution in [0.1, 0.15) is 20.8 Å². The summed E-state index contributed by atoms with van der Waals surface area (Å²) >= 11 is 0. The van der Waals surface area contributed by atoms with Crippen LogP contribution in [-0.4, -0.2) is 12.5 Å². The molecule has 76 valence electrons. The van der Waals surface area contributed by atoms with Crippen molar-refractivity contribution in [3.8, 4) is 0 Å². The van der Waals surface area contributed by atoms with Crippen LogP contribution in [0.5, 0.6) is 0 Å². The lowest BCUT2D eigenvalue weighted by molar-refractivity contribution is 0.231. The molecule has 0 unspecified atom stereocenters. The molecule has 0 aromatic rings. The highest BCUT2D eigenvalue weighted by Crippen LogP contribution is 1.98. The molecule has 0 aliphatic rings. The number of allylic oxidation sites excluding steroid dienone is 7. The summed E-state index contributed by atoms with van der Waals surface area (Å²) in [5.74, 6) is 2.57. The van der Waals surface area contributed by atoms with Crippen molar-refractivity contribution in [3.63, 3.8) is 0 Å². The van der Waals surface area contributed by atoms with Crippen LogP contribution in [0.25, 0.3) is 0 Å². The van der Waals surface area contributed by atoms with E-state index in [4.69, 9.17) is 4.74 Å². The smallest absolute Gasteiger partial charge is 0.124 e. The number of rotatable bonds is 5. The van der Waals surface area contributed by atoms with E-state index in [1.807, 2.05) is 39.0 Å². The van der Waals surface area contributed by atoms with E-state index < -0.39 is 0 Å². The number of carbonyl (C=O) groups excluding carboxylic acids is 1. The Morgan fingerprint density at radius 3 is 2.64 bits per heavy atom. The Kier molecular flexibility index (Phi) is 7.20. The lowest BCUT2D eigenvalue weighted by Gasteiger charge is -1.99. The first kappa shape index (κ1) is 12.5. The first-order chi connectivity index (χ1) is 6.70. The van der Waals surface area contributed by atoms with Crippen molar-refractivity contribution in [3.05, 3.63) is 41.7 Å². The van der Waals surface area contributed by atoms with E-state index in [9.17, 15) is 4.79 Å². The molecule has 0 atom stereocenters. The molecule has 0 aliphatic carbocycles. The molecule has 0 aromatic heterocycles. The maximum Gasteiger partial charge on any atom is 0.124 e. The molecule has 2 nitrogen and oxygen atoms in total. The number of hydrogen-bond acceptors (Lipinski definition) is 2. The number of ether oxygens (including phenoxy) is 1. The summed E-state index contributed by atoms with van der Waals surface area (Å²) in [4.78, 5) is 9.90. The van der Waals surface area contributed by atoms with Crippen molar-refractivity contribution >= 4 is 5.94 Å². The van der Waals surface area contributed by atoms with Gasteiger partial charge in [0, 0.05) is 6.08 Å². The number of hydrogen-bond donors (Lipinski definition) is 0. The van der Waals surface area contributed by atoms with Gasteiger partial charge in [-0.1, -0.05) is 17.7 Å². The van der Waals surface area contributed by atoms with Crippen molar-refractivity contribution in [1.29, 1.82) is 0 Å². The maximum atomic E-state index is 9.90. The molecular formula is C12H16O2. The van der Waals surface area contributed by atoms with Crippen LogP contribution in [0, 0.1) is 0 Å². The van der Waals surface area contributed by atoms with Gasteiger partial charge < -0.3 is 4.74 Å². The van der Waals surface area contributed by atoms with Gasteiger partial charge in [-0.2, -0.15) is 0 Å². The average molecular weight is 192 g/mol. The molecule has 14 heavy (non-hydrogen) atoms. The molecule has 0 fully saturated rings. The van der Waals surface area contributed by atoms with Gasteiger partial charge in [-0.15, -0.1) is 0 Å². The van der Waals surface area contributed by atoms with Gasteiger partial charge >= 0.3 is 0 Å². The predicted molar refractivity (Wildman–Crippen MR) is 58.5 cm³/mol. The molecule has 0 bridgehead atoms. The van der Waals surface area contributed by atoms with Crippen LogP contribution < -0.4 is 0 Å². The van der Waals surface area contributed by atoms with Crippen LogP contribution in [-0.2, 0) is 9.53 Å². The summed E-state index contributed by atoms with van der Waals surface area (Å²) in [5, 5.41) is 0. The summed E-state index contributed by atoms with van der Waals surface area (Å²) in [6, 6.07) is 0. The largest absolute Gasteiger partial charge is 0.499 e. The lowest BCUT2D eigenvalue weighted by Crippen LogP contribution is -1.84. The molecule has 0 heterocycles. The molecule has 0 amide bonds. The molecule has 0 saturated carbocycles. The summed E-state index contributed by atoms with van der Waals surface area (Å²) in [7, 11) is 0. The minimum atomic E-state index is 0.679. The fourth-order valence-corrected chi connectivity index (χ4v) is 0.832. The third kappa shape index (κ3) is 7.14. The zero-order chi connectivity index (χ0) is 10.8. The average Bonchev–Trinajstić information content (AvgIpc) is 2.15. The second-order valence-corrected chi connectivity index (χ2v) is 2.76. The van der Waals surface area contributed by atoms with Crippen molar-refractivity contribution in [2.24, 2.45) is 0 Å². The zero-order valence-corrected chi connectivity index (χ0v) is 8.91. The van der Waals surface area contributed by atoms with Crippen LogP contribution in [0.15, 0.2) is 41.7 Å². The van der Waals surface area contributed by atoms with Gasteiger partial charge in [-0.25, -0.2) is 4.79 Å². The van der Waals surface area contributed by atoms with Crippen molar-refractivity contribution in [2.45, 2.75) is 20.8 Å². The Morgan fingerprint density at radius 2 is 2.07 bits per heavy atom. The van der Waals surface area contributed by atoms with Gasteiger partial charge in [0.2, 0.25) is 0 Å². The molecular weight excluding hydrogens is 176 g/mol. The lowest BCUT2D eigenvalue weighted by atomic mass is 10.2. The van der Waals surface area contributed by atoms with Crippen molar-refractivity contribution < 1.29 is 9.53 Å². The van der Waals surface area contributed by atoms with Crippen LogP contribution in [0.3, 0.4) is 0 Å². The quantitative estimate of drug-likeness (QED) is 0.380. The van der Waals surface area contributed by atoms with E-state index >= 15 is 0 Å². The fourth-order valence-electron chi connectivity index (χ4n) is 0.832. The predicted octanol–water partition coefficient (Wildman–Crippen LogP) is 2.82. The highest BCUT2D eigenvalue weighted by molar-refractivity contribution is 5.50. The fraction of sp³-hybridized carbons (Fsp3) is 0.333. The molecule has 0 saturated heterocycles. The van der Waals surface area contributed by atoms with E-state index in [2.05, 4.69) is 0 Å². The Balaban J connectivity index is 4.17. The second kappa shape index (κ2) is 8.09. The van der Waals surface area contributed by atoms with E-state index in [0.717, 1.165) is 11.3 Å². The molecule has 0 rings (SSSR count). The minimum absolute atomic E-state index is 0.679. The summed E-state index contributed by atoms with van der Waals surface area (Å²) in [5.41, 5.74) is 0.994. The van der Waals surface area contributed by atoms with Crippen molar-refractivity contribution in [1.82, 2.24) is 0 Å². The Morgan fingerprint density at radius 1 is 1.36 bits per heavy atom. The Bertz CT molecular complexity index is 289. The molecule has 2 heteroatoms. The minimum Gasteiger partial charge on any atom is -0.499 e. The van der Waals surface area contributed by atoms with E-state index in [1.165, 1.54) is 6.08 Å². The van der Waals surface area contributed by atoms with E-state index in [0.29, 0.717) is 6.61 Å². The van der Waals surface area contributed by atoms with Gasteiger partial charge in [0.1, 0.15) is 5.94 Å². The summed E-state index contributed by atoms with van der Waals surface area (Å²) in [6.07, 6.45) is 8.71. The highest BCUT2D eigenvalue weighted by atomic mass is 16.5. The standard InChI is InChI=1S/C12H16O2/c1-4-14-12(3)9-5-7-11(2)8-6-10-13/h5-9H,4H2,1-3H3. The SMILES string of the molecule is CCOC(C)=CC=CC(C)=CC=C=O. The monoisotopic (exact) mass is 192 g/mol. The van der Waals surface area contributed by atoms with E-state index in [-0.39, 0.29) is 0 Å². The first-order valence-electron chi connectivity index (χ1n) is 4.56. The van der Waals surface area contributed by atoms with Crippen LogP contribution >= 0.6 is 0 Å². The molecule has 0 aliphatic heterocycles. The maximum absolute atomic E-state index is 9.90. The third-order valence-corrected chi connectivity index (χ3v) is 1.48. The van der Waals surface area contributed by atoms with Crippen molar-refractivity contribution in [2.75, 3.05) is 6.61 Å². The van der Waals surface area contributed by atoms with Gasteiger partial charge in [0.25, 0.3) is 0 Å². The molecule has 0 aromatic carbocycles. The summed E-state index contributed by atoms with van der Waals surface area (Å²) in [6.45, 7) is 6.44. The van der Waals surface area contributed by atoms with Gasteiger partial charge in [-0.05, 0) is 32.9 Å². The second-order valence-electron chi connectivity index (χ2n) is 2.76. The van der Waals surface area contributed by atoms with Crippen LogP contribution in [0.2, 0.25) is 0 Å². The zero-order valence-electron chi connectivity index (χ0n) is 8.91.